The van der Waals surface area contributed by atoms with E-state index in [2.05, 4.69) is 27.9 Å². The SMILES string of the molecule is CCc1cc2c(Cl)nc(-c3ccccn3)nc2s1. The van der Waals surface area contributed by atoms with Crippen molar-refractivity contribution in [2.75, 3.05) is 0 Å². The van der Waals surface area contributed by atoms with Crippen LogP contribution < -0.4 is 0 Å². The van der Waals surface area contributed by atoms with E-state index < -0.39 is 0 Å². The maximum absolute atomic E-state index is 6.21. The van der Waals surface area contributed by atoms with E-state index in [0.717, 1.165) is 22.3 Å². The second-order valence-electron chi connectivity index (χ2n) is 3.84. The molecule has 3 aromatic heterocycles. The second-order valence-corrected chi connectivity index (χ2v) is 5.31. The lowest BCUT2D eigenvalue weighted by molar-refractivity contribution is 1.18. The summed E-state index contributed by atoms with van der Waals surface area (Å²) in [5.41, 5.74) is 0.743. The topological polar surface area (TPSA) is 38.7 Å². The lowest BCUT2D eigenvalue weighted by Gasteiger charge is -2.00. The molecule has 90 valence electrons. The summed E-state index contributed by atoms with van der Waals surface area (Å²) in [6, 6.07) is 7.72. The lowest BCUT2D eigenvalue weighted by Crippen LogP contribution is -1.91. The van der Waals surface area contributed by atoms with Gasteiger partial charge < -0.3 is 0 Å². The van der Waals surface area contributed by atoms with Gasteiger partial charge in [-0.2, -0.15) is 0 Å². The van der Waals surface area contributed by atoms with Crippen molar-refractivity contribution >= 4 is 33.2 Å². The van der Waals surface area contributed by atoms with E-state index in [4.69, 9.17) is 11.6 Å². The highest BCUT2D eigenvalue weighted by Crippen LogP contribution is 2.30. The molecule has 18 heavy (non-hydrogen) atoms. The quantitative estimate of drug-likeness (QED) is 0.664. The maximum atomic E-state index is 6.21. The van der Waals surface area contributed by atoms with Crippen LogP contribution in [0.5, 0.6) is 0 Å². The fraction of sp³-hybridized carbons (Fsp3) is 0.154. The molecule has 5 heteroatoms. The third-order valence-electron chi connectivity index (χ3n) is 2.64. The molecule has 3 rings (SSSR count). The highest BCUT2D eigenvalue weighted by molar-refractivity contribution is 7.18. The molecule has 0 N–H and O–H groups in total. The first-order chi connectivity index (χ1) is 8.78. The Labute approximate surface area is 114 Å². The van der Waals surface area contributed by atoms with Crippen LogP contribution in [0.2, 0.25) is 5.15 Å². The lowest BCUT2D eigenvalue weighted by atomic mass is 10.3. The van der Waals surface area contributed by atoms with Crippen LogP contribution in [-0.4, -0.2) is 15.0 Å². The molecule has 0 saturated carbocycles. The van der Waals surface area contributed by atoms with Gasteiger partial charge in [0.2, 0.25) is 0 Å². The van der Waals surface area contributed by atoms with Gasteiger partial charge in [-0.25, -0.2) is 9.97 Å². The number of rotatable bonds is 2. The summed E-state index contributed by atoms with van der Waals surface area (Å²) in [5.74, 6) is 0.581. The maximum Gasteiger partial charge on any atom is 0.180 e. The summed E-state index contributed by atoms with van der Waals surface area (Å²) in [6.07, 6.45) is 2.71. The molecule has 0 amide bonds. The van der Waals surface area contributed by atoms with Crippen LogP contribution in [0.15, 0.2) is 30.5 Å². The third kappa shape index (κ3) is 1.98. The largest absolute Gasteiger partial charge is 0.253 e. The van der Waals surface area contributed by atoms with E-state index in [0.29, 0.717) is 11.0 Å². The van der Waals surface area contributed by atoms with Crippen molar-refractivity contribution < 1.29 is 0 Å². The van der Waals surface area contributed by atoms with Gasteiger partial charge in [0.25, 0.3) is 0 Å². The molecule has 3 heterocycles. The standard InChI is InChI=1S/C13H10ClN3S/c1-2-8-7-9-11(14)16-12(17-13(9)18-8)10-5-3-4-6-15-10/h3-7H,2H2,1H3. The van der Waals surface area contributed by atoms with Crippen LogP contribution in [0.1, 0.15) is 11.8 Å². The van der Waals surface area contributed by atoms with Gasteiger partial charge in [-0.3, -0.25) is 4.98 Å². The molecule has 0 saturated heterocycles. The van der Waals surface area contributed by atoms with Crippen molar-refractivity contribution in [1.82, 2.24) is 15.0 Å². The van der Waals surface area contributed by atoms with Gasteiger partial charge in [0.15, 0.2) is 5.82 Å². The molecular formula is C13H10ClN3S. The summed E-state index contributed by atoms with van der Waals surface area (Å²) < 4.78 is 0. The zero-order chi connectivity index (χ0) is 12.5. The second kappa shape index (κ2) is 4.63. The molecule has 3 nitrogen and oxygen atoms in total. The van der Waals surface area contributed by atoms with Gasteiger partial charge in [0, 0.05) is 16.5 Å². The van der Waals surface area contributed by atoms with Gasteiger partial charge in [0.1, 0.15) is 15.7 Å². The normalized spacial score (nSPS) is 11.0. The average Bonchev–Trinajstić information content (AvgIpc) is 2.83. The predicted molar refractivity (Wildman–Crippen MR) is 75.0 cm³/mol. The molecular weight excluding hydrogens is 266 g/mol. The van der Waals surface area contributed by atoms with Gasteiger partial charge in [-0.15, -0.1) is 11.3 Å². The van der Waals surface area contributed by atoms with Crippen molar-refractivity contribution in [2.24, 2.45) is 0 Å². The number of aryl methyl sites for hydroxylation is 1. The molecule has 3 aromatic rings. The van der Waals surface area contributed by atoms with E-state index in [-0.39, 0.29) is 0 Å². The number of fused-ring (bicyclic) bond motifs is 1. The molecule has 0 aromatic carbocycles. The van der Waals surface area contributed by atoms with Crippen LogP contribution in [0.4, 0.5) is 0 Å². The summed E-state index contributed by atoms with van der Waals surface area (Å²) in [5, 5.41) is 1.43. The molecule has 0 aliphatic heterocycles. The third-order valence-corrected chi connectivity index (χ3v) is 4.10. The minimum absolute atomic E-state index is 0.497. The Morgan fingerprint density at radius 1 is 1.28 bits per heavy atom. The van der Waals surface area contributed by atoms with Crippen LogP contribution in [0.3, 0.4) is 0 Å². The summed E-state index contributed by atoms with van der Waals surface area (Å²) in [6.45, 7) is 2.12. The van der Waals surface area contributed by atoms with Crippen molar-refractivity contribution in [3.05, 3.63) is 40.5 Å². The summed E-state index contributed by atoms with van der Waals surface area (Å²) in [4.78, 5) is 15.3. The molecule has 0 fully saturated rings. The Morgan fingerprint density at radius 3 is 2.89 bits per heavy atom. The Bertz CT molecular complexity index is 694. The predicted octanol–water partition coefficient (Wildman–Crippen LogP) is 3.97. The number of nitrogens with zero attached hydrogens (tertiary/aromatic N) is 3. The first kappa shape index (κ1) is 11.6. The summed E-state index contributed by atoms with van der Waals surface area (Å²) in [7, 11) is 0. The number of thiophene rings is 1. The Morgan fingerprint density at radius 2 is 2.17 bits per heavy atom. The Kier molecular flexibility index (Phi) is 2.97. The van der Waals surface area contributed by atoms with E-state index in [1.165, 1.54) is 4.88 Å². The van der Waals surface area contributed by atoms with Crippen molar-refractivity contribution in [3.63, 3.8) is 0 Å². The van der Waals surface area contributed by atoms with E-state index in [1.807, 2.05) is 18.2 Å². The Hall–Kier alpha value is -1.52. The molecule has 0 atom stereocenters. The first-order valence-corrected chi connectivity index (χ1v) is 6.84. The Balaban J connectivity index is 2.21. The highest BCUT2D eigenvalue weighted by Gasteiger charge is 2.11. The smallest absolute Gasteiger partial charge is 0.180 e. The highest BCUT2D eigenvalue weighted by atomic mass is 35.5. The minimum Gasteiger partial charge on any atom is -0.253 e. The molecule has 0 spiro atoms. The number of aromatic nitrogens is 3. The van der Waals surface area contributed by atoms with E-state index in [1.54, 1.807) is 17.5 Å². The van der Waals surface area contributed by atoms with Crippen molar-refractivity contribution in [1.29, 1.82) is 0 Å². The monoisotopic (exact) mass is 275 g/mol. The van der Waals surface area contributed by atoms with E-state index in [9.17, 15) is 0 Å². The average molecular weight is 276 g/mol. The van der Waals surface area contributed by atoms with Crippen LogP contribution in [0, 0.1) is 0 Å². The molecule has 0 radical (unpaired) electrons. The van der Waals surface area contributed by atoms with Crippen LogP contribution in [-0.2, 0) is 6.42 Å². The van der Waals surface area contributed by atoms with Gasteiger partial charge in [0.05, 0.1) is 0 Å². The van der Waals surface area contributed by atoms with Crippen LogP contribution >= 0.6 is 22.9 Å². The fourth-order valence-electron chi connectivity index (χ4n) is 1.72. The fourth-order valence-corrected chi connectivity index (χ4v) is 2.97. The van der Waals surface area contributed by atoms with Crippen molar-refractivity contribution in [2.45, 2.75) is 13.3 Å². The van der Waals surface area contributed by atoms with Crippen LogP contribution in [0.25, 0.3) is 21.7 Å². The van der Waals surface area contributed by atoms with E-state index >= 15 is 0 Å². The minimum atomic E-state index is 0.497. The molecule has 0 aliphatic rings. The van der Waals surface area contributed by atoms with Gasteiger partial charge in [-0.05, 0) is 24.6 Å². The number of halogens is 1. The number of pyridine rings is 1. The first-order valence-electron chi connectivity index (χ1n) is 5.65. The van der Waals surface area contributed by atoms with Gasteiger partial charge >= 0.3 is 0 Å². The summed E-state index contributed by atoms with van der Waals surface area (Å²) >= 11 is 7.87. The zero-order valence-electron chi connectivity index (χ0n) is 9.72. The number of hydrogen-bond acceptors (Lipinski definition) is 4. The zero-order valence-corrected chi connectivity index (χ0v) is 11.3. The van der Waals surface area contributed by atoms with Crippen molar-refractivity contribution in [3.8, 4) is 11.5 Å². The molecule has 0 unspecified atom stereocenters. The molecule has 0 bridgehead atoms. The van der Waals surface area contributed by atoms with Gasteiger partial charge in [-0.1, -0.05) is 24.6 Å². The molecule has 0 aliphatic carbocycles. The number of hydrogen-bond donors (Lipinski definition) is 0.